The SMILES string of the molecule is CCCCCc1ccccc1Oc1ccc(NC(=O)c2ccc(C)nc2N)cc1. The van der Waals surface area contributed by atoms with E-state index in [-0.39, 0.29) is 11.7 Å². The number of hydrogen-bond donors (Lipinski definition) is 2. The molecule has 0 fully saturated rings. The smallest absolute Gasteiger partial charge is 0.259 e. The first-order valence-corrected chi connectivity index (χ1v) is 9.97. The number of ether oxygens (including phenoxy) is 1. The highest BCUT2D eigenvalue weighted by molar-refractivity contribution is 6.07. The first-order chi connectivity index (χ1) is 14.1. The van der Waals surface area contributed by atoms with Crippen molar-refractivity contribution in [1.82, 2.24) is 4.98 Å². The third-order valence-corrected chi connectivity index (χ3v) is 4.67. The summed E-state index contributed by atoms with van der Waals surface area (Å²) in [6.07, 6.45) is 4.56. The van der Waals surface area contributed by atoms with Crippen molar-refractivity contribution in [3.8, 4) is 11.5 Å². The number of nitrogens with zero attached hydrogens (tertiary/aromatic N) is 1. The third kappa shape index (κ3) is 5.57. The van der Waals surface area contributed by atoms with E-state index in [1.165, 1.54) is 18.4 Å². The molecule has 0 bridgehead atoms. The average molecular weight is 389 g/mol. The molecule has 2 aromatic carbocycles. The van der Waals surface area contributed by atoms with Crippen molar-refractivity contribution in [2.45, 2.75) is 39.5 Å². The van der Waals surface area contributed by atoms with Crippen molar-refractivity contribution in [3.63, 3.8) is 0 Å². The topological polar surface area (TPSA) is 77.2 Å². The predicted molar refractivity (Wildman–Crippen MR) is 118 cm³/mol. The van der Waals surface area contributed by atoms with Crippen LogP contribution in [-0.2, 0) is 6.42 Å². The molecular weight excluding hydrogens is 362 g/mol. The molecule has 0 aliphatic heterocycles. The molecule has 0 saturated carbocycles. The van der Waals surface area contributed by atoms with Gasteiger partial charge in [0.2, 0.25) is 0 Å². The third-order valence-electron chi connectivity index (χ3n) is 4.67. The molecule has 5 heteroatoms. The number of pyridine rings is 1. The minimum Gasteiger partial charge on any atom is -0.457 e. The second kappa shape index (κ2) is 9.73. The number of hydrogen-bond acceptors (Lipinski definition) is 4. The molecule has 1 heterocycles. The highest BCUT2D eigenvalue weighted by Gasteiger charge is 2.11. The van der Waals surface area contributed by atoms with Crippen LogP contribution in [-0.4, -0.2) is 10.9 Å². The molecule has 0 unspecified atom stereocenters. The molecule has 1 aromatic heterocycles. The predicted octanol–water partition coefficient (Wildman–Crippen LogP) is 5.75. The van der Waals surface area contributed by atoms with Crippen LogP contribution < -0.4 is 15.8 Å². The standard InChI is InChI=1S/C24H27N3O2/c1-3-4-5-8-18-9-6-7-10-22(18)29-20-14-12-19(13-15-20)27-24(28)21-16-11-17(2)26-23(21)25/h6-7,9-16H,3-5,8H2,1-2H3,(H2,25,26)(H,27,28). The minimum atomic E-state index is -0.287. The lowest BCUT2D eigenvalue weighted by atomic mass is 10.1. The minimum absolute atomic E-state index is 0.224. The Balaban J connectivity index is 1.66. The number of nitrogens with one attached hydrogen (secondary N) is 1. The number of benzene rings is 2. The molecule has 3 N–H and O–H groups in total. The summed E-state index contributed by atoms with van der Waals surface area (Å²) in [5, 5.41) is 2.84. The summed E-state index contributed by atoms with van der Waals surface area (Å²) >= 11 is 0. The van der Waals surface area contributed by atoms with Crippen LogP contribution >= 0.6 is 0 Å². The lowest BCUT2D eigenvalue weighted by Gasteiger charge is -2.12. The Bertz CT molecular complexity index is 968. The van der Waals surface area contributed by atoms with Gasteiger partial charge in [0.05, 0.1) is 5.56 Å². The highest BCUT2D eigenvalue weighted by atomic mass is 16.5. The van der Waals surface area contributed by atoms with E-state index in [0.717, 1.165) is 30.0 Å². The Labute approximate surface area is 171 Å². The van der Waals surface area contributed by atoms with Crippen molar-refractivity contribution in [1.29, 1.82) is 0 Å². The molecule has 0 radical (unpaired) electrons. The van der Waals surface area contributed by atoms with Gasteiger partial charge in [-0.25, -0.2) is 4.98 Å². The van der Waals surface area contributed by atoms with E-state index < -0.39 is 0 Å². The van der Waals surface area contributed by atoms with Crippen LogP contribution in [0, 0.1) is 6.92 Å². The summed E-state index contributed by atoms with van der Waals surface area (Å²) in [5.41, 5.74) is 8.86. The molecule has 3 aromatic rings. The Kier molecular flexibility index (Phi) is 6.85. The van der Waals surface area contributed by atoms with Crippen LogP contribution in [0.25, 0.3) is 0 Å². The Morgan fingerprint density at radius 2 is 1.79 bits per heavy atom. The molecule has 29 heavy (non-hydrogen) atoms. The lowest BCUT2D eigenvalue weighted by Crippen LogP contribution is -2.15. The number of aromatic nitrogens is 1. The number of amides is 1. The van der Waals surface area contributed by atoms with Crippen LogP contribution in [0.15, 0.2) is 60.7 Å². The molecule has 3 rings (SSSR count). The van der Waals surface area contributed by atoms with E-state index in [0.29, 0.717) is 11.3 Å². The van der Waals surface area contributed by atoms with Gasteiger partial charge in [-0.2, -0.15) is 0 Å². The summed E-state index contributed by atoms with van der Waals surface area (Å²) in [7, 11) is 0. The number of unbranched alkanes of at least 4 members (excludes halogenated alkanes) is 2. The summed E-state index contributed by atoms with van der Waals surface area (Å²) in [6.45, 7) is 4.03. The van der Waals surface area contributed by atoms with E-state index in [4.69, 9.17) is 10.5 Å². The van der Waals surface area contributed by atoms with Gasteiger partial charge in [-0.15, -0.1) is 0 Å². The van der Waals surface area contributed by atoms with E-state index in [2.05, 4.69) is 23.3 Å². The van der Waals surface area contributed by atoms with Crippen molar-refractivity contribution in [2.75, 3.05) is 11.1 Å². The number of nitrogens with two attached hydrogens (primary N) is 1. The van der Waals surface area contributed by atoms with E-state index in [9.17, 15) is 4.79 Å². The molecule has 0 aliphatic rings. The van der Waals surface area contributed by atoms with Gasteiger partial charge in [0, 0.05) is 11.4 Å². The summed E-state index contributed by atoms with van der Waals surface area (Å²) in [4.78, 5) is 16.6. The van der Waals surface area contributed by atoms with Crippen LogP contribution in [0.3, 0.4) is 0 Å². The number of para-hydroxylation sites is 1. The molecule has 0 saturated heterocycles. The van der Waals surface area contributed by atoms with Crippen molar-refractivity contribution in [3.05, 3.63) is 77.5 Å². The van der Waals surface area contributed by atoms with E-state index in [1.807, 2.05) is 49.4 Å². The van der Waals surface area contributed by atoms with Gasteiger partial charge in [-0.1, -0.05) is 38.0 Å². The molecule has 0 atom stereocenters. The fourth-order valence-corrected chi connectivity index (χ4v) is 3.08. The number of nitrogen functional groups attached to an aromatic ring is 1. The van der Waals surface area contributed by atoms with Gasteiger partial charge in [-0.05, 0) is 67.8 Å². The van der Waals surface area contributed by atoms with Gasteiger partial charge >= 0.3 is 0 Å². The monoisotopic (exact) mass is 389 g/mol. The Hall–Kier alpha value is -3.34. The Morgan fingerprint density at radius 3 is 2.52 bits per heavy atom. The highest BCUT2D eigenvalue weighted by Crippen LogP contribution is 2.27. The van der Waals surface area contributed by atoms with Crippen molar-refractivity contribution in [2.24, 2.45) is 0 Å². The first-order valence-electron chi connectivity index (χ1n) is 9.97. The van der Waals surface area contributed by atoms with Crippen molar-refractivity contribution >= 4 is 17.4 Å². The maximum atomic E-state index is 12.4. The Morgan fingerprint density at radius 1 is 1.03 bits per heavy atom. The number of rotatable bonds is 8. The number of aryl methyl sites for hydroxylation is 2. The molecule has 5 nitrogen and oxygen atoms in total. The second-order valence-corrected chi connectivity index (χ2v) is 7.03. The lowest BCUT2D eigenvalue weighted by molar-refractivity contribution is 0.102. The van der Waals surface area contributed by atoms with Gasteiger partial charge in [0.15, 0.2) is 0 Å². The molecule has 0 aliphatic carbocycles. The zero-order chi connectivity index (χ0) is 20.6. The van der Waals surface area contributed by atoms with Crippen molar-refractivity contribution < 1.29 is 9.53 Å². The zero-order valence-corrected chi connectivity index (χ0v) is 16.9. The quantitative estimate of drug-likeness (QED) is 0.481. The van der Waals surface area contributed by atoms with Crippen LogP contribution in [0.2, 0.25) is 0 Å². The zero-order valence-electron chi connectivity index (χ0n) is 16.9. The largest absolute Gasteiger partial charge is 0.457 e. The average Bonchev–Trinajstić information content (AvgIpc) is 2.71. The van der Waals surface area contributed by atoms with Gasteiger partial charge in [0.25, 0.3) is 5.91 Å². The molecule has 150 valence electrons. The van der Waals surface area contributed by atoms with Crippen LogP contribution in [0.1, 0.15) is 47.8 Å². The number of anilines is 2. The first kappa shape index (κ1) is 20.4. The maximum Gasteiger partial charge on any atom is 0.259 e. The second-order valence-electron chi connectivity index (χ2n) is 7.03. The van der Waals surface area contributed by atoms with E-state index in [1.54, 1.807) is 12.1 Å². The van der Waals surface area contributed by atoms with Gasteiger partial charge in [0.1, 0.15) is 17.3 Å². The molecule has 1 amide bonds. The van der Waals surface area contributed by atoms with Gasteiger partial charge in [-0.3, -0.25) is 4.79 Å². The number of carbonyl (C=O) groups excluding carboxylic acids is 1. The van der Waals surface area contributed by atoms with Crippen LogP contribution in [0.5, 0.6) is 11.5 Å². The molecular formula is C24H27N3O2. The van der Waals surface area contributed by atoms with Gasteiger partial charge < -0.3 is 15.8 Å². The normalized spacial score (nSPS) is 10.6. The molecule has 0 spiro atoms. The fourth-order valence-electron chi connectivity index (χ4n) is 3.08. The summed E-state index contributed by atoms with van der Waals surface area (Å²) in [6, 6.07) is 18.9. The summed E-state index contributed by atoms with van der Waals surface area (Å²) < 4.78 is 6.07. The van der Waals surface area contributed by atoms with E-state index >= 15 is 0 Å². The van der Waals surface area contributed by atoms with Crippen LogP contribution in [0.4, 0.5) is 11.5 Å². The fraction of sp³-hybridized carbons (Fsp3) is 0.250. The number of carbonyl (C=O) groups is 1. The maximum absolute atomic E-state index is 12.4. The summed E-state index contributed by atoms with van der Waals surface area (Å²) in [5.74, 6) is 1.54.